The Balaban J connectivity index is 2.52. The first-order valence-electron chi connectivity index (χ1n) is 5.90. The van der Waals surface area contributed by atoms with Gasteiger partial charge in [-0.05, 0) is 40.9 Å². The largest absolute Gasteiger partial charge is 0.506 e. The summed E-state index contributed by atoms with van der Waals surface area (Å²) < 4.78 is 5.93. The number of halogens is 1. The second-order valence-corrected chi connectivity index (χ2v) is 5.55. The highest BCUT2D eigenvalue weighted by Gasteiger charge is 2.37. The highest BCUT2D eigenvalue weighted by molar-refractivity contribution is 9.10. The summed E-state index contributed by atoms with van der Waals surface area (Å²) in [7, 11) is 1.63. The molecule has 1 aliphatic carbocycles. The molecule has 0 unspecified atom stereocenters. The van der Waals surface area contributed by atoms with Crippen LogP contribution in [-0.4, -0.2) is 18.8 Å². The molecule has 1 saturated carbocycles. The van der Waals surface area contributed by atoms with Crippen molar-refractivity contribution in [2.24, 2.45) is 5.73 Å². The summed E-state index contributed by atoms with van der Waals surface area (Å²) >= 11 is 3.37. The van der Waals surface area contributed by atoms with Crippen LogP contribution in [0.25, 0.3) is 0 Å². The van der Waals surface area contributed by atoms with Crippen molar-refractivity contribution < 1.29 is 9.84 Å². The van der Waals surface area contributed by atoms with Gasteiger partial charge in [-0.1, -0.05) is 12.8 Å². The minimum atomic E-state index is -0.0822. The second kappa shape index (κ2) is 4.86. The fraction of sp³-hybridized carbons (Fsp3) is 0.538. The van der Waals surface area contributed by atoms with Gasteiger partial charge < -0.3 is 15.6 Å². The number of hydrogen-bond donors (Lipinski definition) is 2. The first-order valence-corrected chi connectivity index (χ1v) is 6.69. The zero-order valence-corrected chi connectivity index (χ0v) is 11.6. The Labute approximate surface area is 110 Å². The molecule has 0 spiro atoms. The average Bonchev–Trinajstić information content (AvgIpc) is 2.82. The molecular weight excluding hydrogens is 282 g/mol. The van der Waals surface area contributed by atoms with Crippen LogP contribution in [0.5, 0.6) is 11.5 Å². The summed E-state index contributed by atoms with van der Waals surface area (Å²) in [6.45, 7) is 0.570. The van der Waals surface area contributed by atoms with Gasteiger partial charge in [0.15, 0.2) is 0 Å². The molecule has 1 aromatic rings. The molecule has 0 atom stereocenters. The number of benzene rings is 1. The molecule has 3 N–H and O–H groups in total. The molecule has 0 radical (unpaired) electrons. The number of ether oxygens (including phenoxy) is 1. The third-order valence-electron chi connectivity index (χ3n) is 3.80. The van der Waals surface area contributed by atoms with Gasteiger partial charge in [0.1, 0.15) is 11.5 Å². The van der Waals surface area contributed by atoms with Crippen LogP contribution in [0.15, 0.2) is 16.6 Å². The van der Waals surface area contributed by atoms with Crippen molar-refractivity contribution >= 4 is 15.9 Å². The van der Waals surface area contributed by atoms with E-state index in [1.807, 2.05) is 6.07 Å². The number of aromatic hydroxyl groups is 1. The van der Waals surface area contributed by atoms with E-state index in [0.29, 0.717) is 16.8 Å². The van der Waals surface area contributed by atoms with Crippen LogP contribution in [0.4, 0.5) is 0 Å². The fourth-order valence-electron chi connectivity index (χ4n) is 2.73. The number of nitrogens with two attached hydrogens (primary N) is 1. The van der Waals surface area contributed by atoms with Crippen LogP contribution in [0.1, 0.15) is 31.2 Å². The Hall–Kier alpha value is -0.740. The quantitative estimate of drug-likeness (QED) is 0.902. The molecule has 0 aliphatic heterocycles. The van der Waals surface area contributed by atoms with Crippen LogP contribution < -0.4 is 10.5 Å². The summed E-state index contributed by atoms with van der Waals surface area (Å²) in [5.41, 5.74) is 6.78. The number of phenols is 1. The molecule has 0 bridgehead atoms. The lowest BCUT2D eigenvalue weighted by Crippen LogP contribution is -2.32. The minimum Gasteiger partial charge on any atom is -0.506 e. The number of hydrogen-bond acceptors (Lipinski definition) is 3. The molecule has 2 rings (SSSR count). The number of phenolic OH excluding ortho intramolecular Hbond substituents is 1. The van der Waals surface area contributed by atoms with Crippen molar-refractivity contribution in [2.75, 3.05) is 13.7 Å². The second-order valence-electron chi connectivity index (χ2n) is 4.70. The van der Waals surface area contributed by atoms with Gasteiger partial charge in [0.25, 0.3) is 0 Å². The van der Waals surface area contributed by atoms with E-state index in [9.17, 15) is 5.11 Å². The van der Waals surface area contributed by atoms with E-state index < -0.39 is 0 Å². The molecule has 17 heavy (non-hydrogen) atoms. The highest BCUT2D eigenvalue weighted by atomic mass is 79.9. The first kappa shape index (κ1) is 12.7. The van der Waals surface area contributed by atoms with E-state index >= 15 is 0 Å². The van der Waals surface area contributed by atoms with E-state index in [-0.39, 0.29) is 5.41 Å². The predicted octanol–water partition coefficient (Wildman–Crippen LogP) is 2.93. The van der Waals surface area contributed by atoms with Crippen molar-refractivity contribution in [3.63, 3.8) is 0 Å². The first-order chi connectivity index (χ1) is 8.13. The Bertz CT molecular complexity index is 414. The van der Waals surface area contributed by atoms with Crippen molar-refractivity contribution in [1.82, 2.24) is 0 Å². The maximum absolute atomic E-state index is 10.2. The Kier molecular flexibility index (Phi) is 3.64. The molecule has 4 heteroatoms. The number of methoxy groups -OCH3 is 1. The summed E-state index contributed by atoms with van der Waals surface area (Å²) in [4.78, 5) is 0. The molecule has 1 fully saturated rings. The molecule has 0 aromatic heterocycles. The van der Waals surface area contributed by atoms with Crippen molar-refractivity contribution in [1.29, 1.82) is 0 Å². The zero-order chi connectivity index (χ0) is 12.5. The molecular formula is C13H18BrNO2. The van der Waals surface area contributed by atoms with Crippen LogP contribution in [0.2, 0.25) is 0 Å². The highest BCUT2D eigenvalue weighted by Crippen LogP contribution is 2.47. The van der Waals surface area contributed by atoms with E-state index in [2.05, 4.69) is 15.9 Å². The van der Waals surface area contributed by atoms with Crippen LogP contribution in [0.3, 0.4) is 0 Å². The van der Waals surface area contributed by atoms with Crippen molar-refractivity contribution in [3.8, 4) is 11.5 Å². The van der Waals surface area contributed by atoms with Crippen molar-refractivity contribution in [2.45, 2.75) is 31.1 Å². The Morgan fingerprint density at radius 3 is 2.59 bits per heavy atom. The summed E-state index contributed by atoms with van der Waals surface area (Å²) in [5.74, 6) is 1.06. The lowest BCUT2D eigenvalue weighted by molar-refractivity contribution is 0.387. The van der Waals surface area contributed by atoms with Gasteiger partial charge in [-0.25, -0.2) is 0 Å². The van der Waals surface area contributed by atoms with Gasteiger partial charge in [0.2, 0.25) is 0 Å². The lowest BCUT2D eigenvalue weighted by atomic mass is 9.78. The topological polar surface area (TPSA) is 55.5 Å². The smallest absolute Gasteiger partial charge is 0.133 e. The normalized spacial score (nSPS) is 18.3. The number of rotatable bonds is 3. The van der Waals surface area contributed by atoms with Gasteiger partial charge in [-0.3, -0.25) is 0 Å². The molecule has 3 nitrogen and oxygen atoms in total. The van der Waals surface area contributed by atoms with E-state index in [1.54, 1.807) is 13.2 Å². The maximum atomic E-state index is 10.2. The van der Waals surface area contributed by atoms with Crippen LogP contribution in [-0.2, 0) is 5.41 Å². The monoisotopic (exact) mass is 299 g/mol. The maximum Gasteiger partial charge on any atom is 0.133 e. The molecule has 0 saturated heterocycles. The zero-order valence-electron chi connectivity index (χ0n) is 10.0. The van der Waals surface area contributed by atoms with Crippen molar-refractivity contribution in [3.05, 3.63) is 22.2 Å². The standard InChI is InChI=1S/C13H18BrNO2/c1-17-9-6-10(12(16)11(14)7-9)13(8-15)4-2-3-5-13/h6-7,16H,2-5,8,15H2,1H3. The van der Waals surface area contributed by atoms with Gasteiger partial charge >= 0.3 is 0 Å². The van der Waals surface area contributed by atoms with Gasteiger partial charge in [-0.15, -0.1) is 0 Å². The third kappa shape index (κ3) is 2.16. The molecule has 0 amide bonds. The minimum absolute atomic E-state index is 0.0822. The molecule has 1 aromatic carbocycles. The van der Waals surface area contributed by atoms with Gasteiger partial charge in [-0.2, -0.15) is 0 Å². The fourth-order valence-corrected chi connectivity index (χ4v) is 3.17. The third-order valence-corrected chi connectivity index (χ3v) is 4.40. The Morgan fingerprint density at radius 2 is 2.06 bits per heavy atom. The summed E-state index contributed by atoms with van der Waals surface area (Å²) in [6, 6.07) is 3.69. The van der Waals surface area contributed by atoms with E-state index in [4.69, 9.17) is 10.5 Å². The van der Waals surface area contributed by atoms with Crippen LogP contribution in [0, 0.1) is 0 Å². The summed E-state index contributed by atoms with van der Waals surface area (Å²) in [6.07, 6.45) is 4.42. The van der Waals surface area contributed by atoms with E-state index in [0.717, 1.165) is 24.2 Å². The molecule has 0 heterocycles. The van der Waals surface area contributed by atoms with Gasteiger partial charge in [0, 0.05) is 17.5 Å². The molecule has 94 valence electrons. The lowest BCUT2D eigenvalue weighted by Gasteiger charge is -2.29. The SMILES string of the molecule is COc1cc(Br)c(O)c(C2(CN)CCCC2)c1. The predicted molar refractivity (Wildman–Crippen MR) is 71.6 cm³/mol. The van der Waals surface area contributed by atoms with Gasteiger partial charge in [0.05, 0.1) is 11.6 Å². The van der Waals surface area contributed by atoms with E-state index in [1.165, 1.54) is 12.8 Å². The summed E-state index contributed by atoms with van der Waals surface area (Å²) in [5, 5.41) is 10.2. The van der Waals surface area contributed by atoms with Crippen LogP contribution >= 0.6 is 15.9 Å². The Morgan fingerprint density at radius 1 is 1.41 bits per heavy atom. The average molecular weight is 300 g/mol. The molecule has 1 aliphatic rings.